The van der Waals surface area contributed by atoms with Gasteiger partial charge in [0.15, 0.2) is 0 Å². The molecule has 7 nitrogen and oxygen atoms in total. The van der Waals surface area contributed by atoms with E-state index in [1.165, 1.54) is 6.07 Å². The zero-order valence-corrected chi connectivity index (χ0v) is 20.3. The SMILES string of the molecule is Cc1ccc(C(=O)Nc2ccc(N(CC(C)C)CC(C)C)c(C(=O)O)c2)cc1.O=C(O)C(F)(F)F. The predicted molar refractivity (Wildman–Crippen MR) is 128 cm³/mol. The van der Waals surface area contributed by atoms with E-state index in [-0.39, 0.29) is 11.5 Å². The minimum atomic E-state index is -5.08. The van der Waals surface area contributed by atoms with E-state index in [1.807, 2.05) is 19.1 Å². The summed E-state index contributed by atoms with van der Waals surface area (Å²) in [6, 6.07) is 12.3. The molecule has 2 aromatic carbocycles. The van der Waals surface area contributed by atoms with Crippen LogP contribution in [0.4, 0.5) is 24.5 Å². The number of hydrogen-bond acceptors (Lipinski definition) is 4. The molecule has 2 rings (SSSR count). The lowest BCUT2D eigenvalue weighted by Crippen LogP contribution is -2.32. The number of carboxylic acid groups (broad SMARTS) is 2. The van der Waals surface area contributed by atoms with Gasteiger partial charge in [0.25, 0.3) is 5.91 Å². The number of nitrogens with one attached hydrogen (secondary N) is 1. The smallest absolute Gasteiger partial charge is 0.478 e. The normalized spacial score (nSPS) is 11.0. The van der Waals surface area contributed by atoms with Crippen LogP contribution in [0.3, 0.4) is 0 Å². The number of carbonyl (C=O) groups excluding carboxylic acids is 1. The molecular weight excluding hydrogens is 465 g/mol. The topological polar surface area (TPSA) is 107 Å². The zero-order chi connectivity index (χ0) is 26.9. The number of amides is 1. The number of nitrogens with zero attached hydrogens (tertiary/aromatic N) is 1. The minimum absolute atomic E-state index is 0.197. The van der Waals surface area contributed by atoms with Gasteiger partial charge in [-0.1, -0.05) is 45.4 Å². The number of anilines is 2. The molecule has 0 radical (unpaired) electrons. The third-order valence-corrected chi connectivity index (χ3v) is 4.55. The first-order valence-electron chi connectivity index (χ1n) is 10.9. The van der Waals surface area contributed by atoms with Crippen LogP contribution in [0.15, 0.2) is 42.5 Å². The molecule has 10 heteroatoms. The molecule has 0 saturated heterocycles. The lowest BCUT2D eigenvalue weighted by atomic mass is 10.1. The van der Waals surface area contributed by atoms with Gasteiger partial charge in [-0.05, 0) is 49.1 Å². The Labute approximate surface area is 202 Å². The summed E-state index contributed by atoms with van der Waals surface area (Å²) >= 11 is 0. The average Bonchev–Trinajstić information content (AvgIpc) is 2.72. The Bertz CT molecular complexity index is 1010. The number of benzene rings is 2. The molecule has 0 aliphatic rings. The first kappa shape index (κ1) is 29.5. The monoisotopic (exact) mass is 496 g/mol. The Kier molecular flexibility index (Phi) is 10.8. The second-order valence-electron chi connectivity index (χ2n) is 8.85. The van der Waals surface area contributed by atoms with E-state index in [1.54, 1.807) is 24.3 Å². The van der Waals surface area contributed by atoms with Crippen LogP contribution < -0.4 is 10.2 Å². The molecule has 0 saturated carbocycles. The zero-order valence-electron chi connectivity index (χ0n) is 20.3. The van der Waals surface area contributed by atoms with Crippen molar-refractivity contribution in [1.29, 1.82) is 0 Å². The Morgan fingerprint density at radius 1 is 0.914 bits per heavy atom. The van der Waals surface area contributed by atoms with Crippen LogP contribution in [0.5, 0.6) is 0 Å². The number of rotatable bonds is 8. The highest BCUT2D eigenvalue weighted by molar-refractivity contribution is 6.05. The highest BCUT2D eigenvalue weighted by Gasteiger charge is 2.38. The van der Waals surface area contributed by atoms with Crippen LogP contribution in [-0.2, 0) is 4.79 Å². The summed E-state index contributed by atoms with van der Waals surface area (Å²) < 4.78 is 31.7. The molecule has 2 aromatic rings. The number of aromatic carboxylic acids is 1. The minimum Gasteiger partial charge on any atom is -0.478 e. The standard InChI is InChI=1S/C23H30N2O3.C2HF3O2/c1-15(2)13-25(14-16(3)4)21-11-10-19(12-20(21)23(27)28)24-22(26)18-8-6-17(5)7-9-18;3-2(4,5)1(6)7/h6-12,15-16H,13-14H2,1-5H3,(H,24,26)(H,27,28);(H,6,7). The number of aryl methyl sites for hydroxylation is 1. The van der Waals surface area contributed by atoms with Gasteiger partial charge in [0, 0.05) is 24.3 Å². The third kappa shape index (κ3) is 10.1. The highest BCUT2D eigenvalue weighted by atomic mass is 19.4. The Hall–Kier alpha value is -3.56. The number of carbonyl (C=O) groups is 3. The molecular formula is C25H31F3N2O5. The van der Waals surface area contributed by atoms with Gasteiger partial charge in [-0.15, -0.1) is 0 Å². The Balaban J connectivity index is 0.000000762. The molecule has 0 unspecified atom stereocenters. The van der Waals surface area contributed by atoms with Crippen molar-refractivity contribution in [3.05, 3.63) is 59.2 Å². The first-order chi connectivity index (χ1) is 16.1. The second kappa shape index (κ2) is 12.8. The van der Waals surface area contributed by atoms with Crippen LogP contribution >= 0.6 is 0 Å². The van der Waals surface area contributed by atoms with Crippen molar-refractivity contribution < 1.29 is 37.8 Å². The maximum absolute atomic E-state index is 12.4. The van der Waals surface area contributed by atoms with Crippen molar-refractivity contribution in [2.24, 2.45) is 11.8 Å². The van der Waals surface area contributed by atoms with E-state index in [2.05, 4.69) is 37.9 Å². The number of alkyl halides is 3. The summed E-state index contributed by atoms with van der Waals surface area (Å²) in [5.41, 5.74) is 2.96. The van der Waals surface area contributed by atoms with Crippen LogP contribution in [0, 0.1) is 18.8 Å². The van der Waals surface area contributed by atoms with E-state index in [4.69, 9.17) is 9.90 Å². The van der Waals surface area contributed by atoms with Crippen LogP contribution in [-0.4, -0.2) is 47.3 Å². The lowest BCUT2D eigenvalue weighted by molar-refractivity contribution is -0.192. The summed E-state index contributed by atoms with van der Waals surface area (Å²) in [4.78, 5) is 35.4. The van der Waals surface area contributed by atoms with Crippen molar-refractivity contribution in [2.45, 2.75) is 40.8 Å². The van der Waals surface area contributed by atoms with E-state index in [0.717, 1.165) is 18.7 Å². The number of carboxylic acids is 2. The quantitative estimate of drug-likeness (QED) is 0.433. The summed E-state index contributed by atoms with van der Waals surface area (Å²) in [6.45, 7) is 12.0. The second-order valence-corrected chi connectivity index (χ2v) is 8.85. The molecule has 0 heterocycles. The van der Waals surface area contributed by atoms with Gasteiger partial charge in [-0.3, -0.25) is 4.79 Å². The van der Waals surface area contributed by atoms with Crippen molar-refractivity contribution in [2.75, 3.05) is 23.3 Å². The summed E-state index contributed by atoms with van der Waals surface area (Å²) in [7, 11) is 0. The fraction of sp³-hybridized carbons (Fsp3) is 0.400. The molecule has 0 spiro atoms. The van der Waals surface area contributed by atoms with Gasteiger partial charge in [-0.2, -0.15) is 13.2 Å². The van der Waals surface area contributed by atoms with Crippen LogP contribution in [0.1, 0.15) is 54.0 Å². The van der Waals surface area contributed by atoms with E-state index in [9.17, 15) is 27.9 Å². The Morgan fingerprint density at radius 2 is 1.40 bits per heavy atom. The van der Waals surface area contributed by atoms with E-state index in [0.29, 0.717) is 28.8 Å². The highest BCUT2D eigenvalue weighted by Crippen LogP contribution is 2.27. The summed E-state index contributed by atoms with van der Waals surface area (Å²) in [5, 5.41) is 19.7. The number of aliphatic carboxylic acids is 1. The van der Waals surface area contributed by atoms with Gasteiger partial charge < -0.3 is 20.4 Å². The fourth-order valence-corrected chi connectivity index (χ4v) is 3.12. The van der Waals surface area contributed by atoms with E-state index >= 15 is 0 Å². The van der Waals surface area contributed by atoms with Gasteiger partial charge >= 0.3 is 18.1 Å². The van der Waals surface area contributed by atoms with Crippen LogP contribution in [0.2, 0.25) is 0 Å². The van der Waals surface area contributed by atoms with E-state index < -0.39 is 18.1 Å². The summed E-state index contributed by atoms with van der Waals surface area (Å²) in [5.74, 6) is -3.21. The molecule has 1 amide bonds. The molecule has 0 bridgehead atoms. The molecule has 0 aromatic heterocycles. The number of hydrogen-bond donors (Lipinski definition) is 3. The van der Waals surface area contributed by atoms with Crippen LogP contribution in [0.25, 0.3) is 0 Å². The molecule has 0 aliphatic carbocycles. The van der Waals surface area contributed by atoms with Gasteiger partial charge in [-0.25, -0.2) is 9.59 Å². The molecule has 35 heavy (non-hydrogen) atoms. The molecule has 0 aliphatic heterocycles. The molecule has 0 fully saturated rings. The first-order valence-corrected chi connectivity index (χ1v) is 10.9. The number of halogens is 3. The van der Waals surface area contributed by atoms with Gasteiger partial charge in [0.1, 0.15) is 0 Å². The van der Waals surface area contributed by atoms with Gasteiger partial charge in [0.2, 0.25) is 0 Å². The largest absolute Gasteiger partial charge is 0.490 e. The van der Waals surface area contributed by atoms with Crippen molar-refractivity contribution in [3.63, 3.8) is 0 Å². The average molecular weight is 497 g/mol. The van der Waals surface area contributed by atoms with Crippen molar-refractivity contribution >= 4 is 29.2 Å². The molecule has 3 N–H and O–H groups in total. The maximum atomic E-state index is 12.4. The maximum Gasteiger partial charge on any atom is 0.490 e. The van der Waals surface area contributed by atoms with Crippen molar-refractivity contribution in [1.82, 2.24) is 0 Å². The lowest BCUT2D eigenvalue weighted by Gasteiger charge is -2.30. The van der Waals surface area contributed by atoms with Crippen molar-refractivity contribution in [3.8, 4) is 0 Å². The molecule has 192 valence electrons. The molecule has 0 atom stereocenters. The predicted octanol–water partition coefficient (Wildman–Crippen LogP) is 5.70. The summed E-state index contributed by atoms with van der Waals surface area (Å²) in [6.07, 6.45) is -5.08. The fourth-order valence-electron chi connectivity index (χ4n) is 3.12. The third-order valence-electron chi connectivity index (χ3n) is 4.55. The van der Waals surface area contributed by atoms with Gasteiger partial charge in [0.05, 0.1) is 11.3 Å². The Morgan fingerprint density at radius 3 is 1.80 bits per heavy atom.